The number of fused-ring (bicyclic) bond motifs is 3. The van der Waals surface area contributed by atoms with Crippen molar-refractivity contribution in [3.8, 4) is 0 Å². The van der Waals surface area contributed by atoms with Gasteiger partial charge in [0.15, 0.2) is 11.2 Å². The number of halogens is 1. The van der Waals surface area contributed by atoms with E-state index in [2.05, 4.69) is 9.72 Å². The number of methoxy groups -OCH3 is 1. The number of hydrogen-bond acceptors (Lipinski definition) is 6. The van der Waals surface area contributed by atoms with Gasteiger partial charge < -0.3 is 14.2 Å². The summed E-state index contributed by atoms with van der Waals surface area (Å²) in [4.78, 5) is 43.9. The van der Waals surface area contributed by atoms with Crippen LogP contribution >= 0.6 is 0 Å². The van der Waals surface area contributed by atoms with Gasteiger partial charge in [0.1, 0.15) is 12.4 Å². The lowest BCUT2D eigenvalue weighted by Crippen LogP contribution is -2.42. The van der Waals surface area contributed by atoms with E-state index < -0.39 is 23.8 Å². The highest BCUT2D eigenvalue weighted by molar-refractivity contribution is 5.77. The predicted molar refractivity (Wildman–Crippen MR) is 104 cm³/mol. The molecule has 1 aliphatic rings. The van der Waals surface area contributed by atoms with E-state index in [0.717, 1.165) is 10.3 Å². The zero-order valence-corrected chi connectivity index (χ0v) is 16.3. The summed E-state index contributed by atoms with van der Waals surface area (Å²) in [5, 5.41) is 0. The molecule has 0 fully saturated rings. The molecule has 0 amide bonds. The number of esters is 1. The minimum atomic E-state index is -0.691. The number of nitrogens with zero attached hydrogens (tertiary/aromatic N) is 5. The van der Waals surface area contributed by atoms with Gasteiger partial charge in [-0.2, -0.15) is 4.98 Å². The van der Waals surface area contributed by atoms with E-state index in [9.17, 15) is 18.8 Å². The maximum atomic E-state index is 13.4. The Labute approximate surface area is 164 Å². The first kappa shape index (κ1) is 18.9. The van der Waals surface area contributed by atoms with Gasteiger partial charge in [0.05, 0.1) is 7.11 Å². The van der Waals surface area contributed by atoms with Gasteiger partial charge in [-0.3, -0.25) is 14.2 Å². The Morgan fingerprint density at radius 2 is 1.93 bits per heavy atom. The Bertz CT molecular complexity index is 1220. The van der Waals surface area contributed by atoms with Crippen molar-refractivity contribution < 1.29 is 13.9 Å². The fourth-order valence-electron chi connectivity index (χ4n) is 3.68. The van der Waals surface area contributed by atoms with Gasteiger partial charge in [-0.1, -0.05) is 6.92 Å². The van der Waals surface area contributed by atoms with Gasteiger partial charge in [0.2, 0.25) is 5.95 Å². The average Bonchev–Trinajstić information content (AvgIpc) is 3.09. The molecule has 10 heteroatoms. The molecular formula is C19H20FN5O4. The van der Waals surface area contributed by atoms with Crippen LogP contribution in [0, 0.1) is 11.7 Å². The molecule has 3 heterocycles. The quantitative estimate of drug-likeness (QED) is 0.608. The average molecular weight is 401 g/mol. The molecule has 9 nitrogen and oxygen atoms in total. The molecule has 0 saturated heterocycles. The van der Waals surface area contributed by atoms with Gasteiger partial charge >= 0.3 is 11.7 Å². The van der Waals surface area contributed by atoms with E-state index >= 15 is 0 Å². The number of aryl methyl sites for hydroxylation is 1. The van der Waals surface area contributed by atoms with Crippen LogP contribution in [0.2, 0.25) is 0 Å². The maximum absolute atomic E-state index is 13.4. The Morgan fingerprint density at radius 1 is 1.24 bits per heavy atom. The van der Waals surface area contributed by atoms with E-state index in [1.165, 1.54) is 30.9 Å². The lowest BCUT2D eigenvalue weighted by atomic mass is 10.1. The minimum absolute atomic E-state index is 0.163. The third kappa shape index (κ3) is 3.00. The van der Waals surface area contributed by atoms with Crippen molar-refractivity contribution in [3.05, 3.63) is 50.9 Å². The van der Waals surface area contributed by atoms with Crippen molar-refractivity contribution in [2.75, 3.05) is 18.6 Å². The normalized spacial score (nSPS) is 16.1. The summed E-state index contributed by atoms with van der Waals surface area (Å²) >= 11 is 0. The molecule has 4 rings (SSSR count). The Hall–Kier alpha value is -3.43. The van der Waals surface area contributed by atoms with Crippen LogP contribution in [0.4, 0.5) is 16.0 Å². The second-order valence-corrected chi connectivity index (χ2v) is 7.20. The Kier molecular flexibility index (Phi) is 4.48. The smallest absolute Gasteiger partial charge is 0.333 e. The standard InChI is InChI=1S/C19H20FN5O4/c1-11-8-23(13-6-4-12(20)5-7-13)18-21-16-15(24(18)9-11)17(27)25(10-14(26)29-3)19(28)22(16)2/h4-7,11H,8-10H2,1-3H3/t11-/m1/s1. The molecule has 0 bridgehead atoms. The predicted octanol–water partition coefficient (Wildman–Crippen LogP) is 0.997. The molecule has 0 N–H and O–H groups in total. The molecule has 1 aromatic carbocycles. The molecule has 3 aromatic rings. The highest BCUT2D eigenvalue weighted by atomic mass is 19.1. The van der Waals surface area contributed by atoms with Crippen molar-refractivity contribution in [1.82, 2.24) is 18.7 Å². The van der Waals surface area contributed by atoms with Gasteiger partial charge in [-0.25, -0.2) is 13.8 Å². The minimum Gasteiger partial charge on any atom is -0.468 e. The number of aromatic nitrogens is 4. The zero-order valence-electron chi connectivity index (χ0n) is 16.3. The first-order chi connectivity index (χ1) is 13.8. The summed E-state index contributed by atoms with van der Waals surface area (Å²) in [5.41, 5.74) is -0.0403. The SMILES string of the molecule is COC(=O)Cn1c(=O)c2c(nc3n2C[C@H](C)CN3c2ccc(F)cc2)n(C)c1=O. The van der Waals surface area contributed by atoms with E-state index in [0.29, 0.717) is 19.0 Å². The molecule has 1 aliphatic heterocycles. The number of hydrogen-bond donors (Lipinski definition) is 0. The van der Waals surface area contributed by atoms with Gasteiger partial charge in [0, 0.05) is 25.8 Å². The molecule has 0 unspecified atom stereocenters. The number of benzene rings is 1. The summed E-state index contributed by atoms with van der Waals surface area (Å²) in [7, 11) is 2.70. The lowest BCUT2D eigenvalue weighted by Gasteiger charge is -2.32. The van der Waals surface area contributed by atoms with E-state index in [-0.39, 0.29) is 22.9 Å². The molecule has 0 radical (unpaired) electrons. The summed E-state index contributed by atoms with van der Waals surface area (Å²) < 4.78 is 21.8. The molecular weight excluding hydrogens is 381 g/mol. The molecule has 152 valence electrons. The van der Waals surface area contributed by atoms with Crippen LogP contribution < -0.4 is 16.1 Å². The third-order valence-corrected chi connectivity index (χ3v) is 5.10. The van der Waals surface area contributed by atoms with Crippen LogP contribution in [0.3, 0.4) is 0 Å². The summed E-state index contributed by atoms with van der Waals surface area (Å²) in [6, 6.07) is 6.01. The van der Waals surface area contributed by atoms with Crippen molar-refractivity contribution in [1.29, 1.82) is 0 Å². The summed E-state index contributed by atoms with van der Waals surface area (Å²) in [6.45, 7) is 2.70. The van der Waals surface area contributed by atoms with Crippen LogP contribution in [-0.2, 0) is 29.7 Å². The van der Waals surface area contributed by atoms with Crippen molar-refractivity contribution >= 4 is 28.8 Å². The molecule has 29 heavy (non-hydrogen) atoms. The maximum Gasteiger partial charge on any atom is 0.333 e. The van der Waals surface area contributed by atoms with Crippen molar-refractivity contribution in [3.63, 3.8) is 0 Å². The monoisotopic (exact) mass is 401 g/mol. The summed E-state index contributed by atoms with van der Waals surface area (Å²) in [6.07, 6.45) is 0. The molecule has 2 aromatic heterocycles. The summed E-state index contributed by atoms with van der Waals surface area (Å²) in [5.74, 6) is -0.382. The topological polar surface area (TPSA) is 91.4 Å². The number of imidazole rings is 1. The highest BCUT2D eigenvalue weighted by Crippen LogP contribution is 2.32. The van der Waals surface area contributed by atoms with Gasteiger partial charge in [-0.15, -0.1) is 0 Å². The fraction of sp³-hybridized carbons (Fsp3) is 0.368. The highest BCUT2D eigenvalue weighted by Gasteiger charge is 2.30. The van der Waals surface area contributed by atoms with Crippen molar-refractivity contribution in [2.24, 2.45) is 13.0 Å². The largest absolute Gasteiger partial charge is 0.468 e. The Morgan fingerprint density at radius 3 is 2.59 bits per heavy atom. The molecule has 0 spiro atoms. The van der Waals surface area contributed by atoms with Crippen LogP contribution in [0.5, 0.6) is 0 Å². The van der Waals surface area contributed by atoms with Gasteiger partial charge in [-0.05, 0) is 30.2 Å². The van der Waals surface area contributed by atoms with E-state index in [1.54, 1.807) is 16.7 Å². The molecule has 1 atom stereocenters. The van der Waals surface area contributed by atoms with Crippen LogP contribution in [0.25, 0.3) is 11.2 Å². The van der Waals surface area contributed by atoms with Crippen LogP contribution in [0.1, 0.15) is 6.92 Å². The number of carbonyl (C=O) groups is 1. The van der Waals surface area contributed by atoms with E-state index in [4.69, 9.17) is 0 Å². The first-order valence-corrected chi connectivity index (χ1v) is 9.11. The number of ether oxygens (including phenoxy) is 1. The zero-order chi connectivity index (χ0) is 20.9. The molecule has 0 aliphatic carbocycles. The number of carbonyl (C=O) groups excluding carboxylic acids is 1. The lowest BCUT2D eigenvalue weighted by molar-refractivity contribution is -0.141. The van der Waals surface area contributed by atoms with Crippen LogP contribution in [-0.4, -0.2) is 38.3 Å². The molecule has 0 saturated carbocycles. The van der Waals surface area contributed by atoms with E-state index in [1.807, 2.05) is 11.8 Å². The first-order valence-electron chi connectivity index (χ1n) is 9.11. The second-order valence-electron chi connectivity index (χ2n) is 7.20. The van der Waals surface area contributed by atoms with Crippen molar-refractivity contribution in [2.45, 2.75) is 20.0 Å². The second kappa shape index (κ2) is 6.87. The Balaban J connectivity index is 1.97. The van der Waals surface area contributed by atoms with Crippen LogP contribution in [0.15, 0.2) is 33.9 Å². The third-order valence-electron chi connectivity index (χ3n) is 5.10. The number of rotatable bonds is 3. The fourth-order valence-corrected chi connectivity index (χ4v) is 3.68. The van der Waals surface area contributed by atoms with Gasteiger partial charge in [0.25, 0.3) is 5.56 Å². The number of anilines is 2.